The number of esters is 1. The van der Waals surface area contributed by atoms with Crippen molar-refractivity contribution in [3.63, 3.8) is 0 Å². The van der Waals surface area contributed by atoms with Crippen LogP contribution in [0.3, 0.4) is 0 Å². The summed E-state index contributed by atoms with van der Waals surface area (Å²) in [4.78, 5) is 24.5. The van der Waals surface area contributed by atoms with Crippen molar-refractivity contribution < 1.29 is 19.4 Å². The van der Waals surface area contributed by atoms with Crippen LogP contribution in [0, 0.1) is 0 Å². The highest BCUT2D eigenvalue weighted by Gasteiger charge is 2.26. The standard InChI is InChI=1S/C27H36ClNO4/c1-17(19-9-8-10-20(28)15-19)29-23(30)16-33-24(31)12-11-18-13-21(26(2,3)4)25(32)22(14-18)27(5,6)7/h8-10,13-15,17,32H,11-12,16H2,1-7H3,(H,29,30)/t17-/m1/s1. The zero-order chi connectivity index (χ0) is 25.0. The van der Waals surface area contributed by atoms with E-state index in [9.17, 15) is 14.7 Å². The van der Waals surface area contributed by atoms with Gasteiger partial charge in [-0.3, -0.25) is 9.59 Å². The minimum absolute atomic E-state index is 0.148. The molecule has 1 atom stereocenters. The monoisotopic (exact) mass is 473 g/mol. The molecule has 0 saturated carbocycles. The van der Waals surface area contributed by atoms with Crippen LogP contribution in [0.15, 0.2) is 36.4 Å². The van der Waals surface area contributed by atoms with Gasteiger partial charge in [0.15, 0.2) is 6.61 Å². The van der Waals surface area contributed by atoms with Crippen molar-refractivity contribution in [3.8, 4) is 5.75 Å². The third-order valence-corrected chi connectivity index (χ3v) is 5.73. The van der Waals surface area contributed by atoms with Crippen LogP contribution in [-0.2, 0) is 31.6 Å². The first-order chi connectivity index (χ1) is 15.2. The second kappa shape index (κ2) is 10.6. The maximum absolute atomic E-state index is 12.3. The van der Waals surface area contributed by atoms with Crippen molar-refractivity contribution in [3.05, 3.63) is 63.7 Å². The number of amides is 1. The normalized spacial score (nSPS) is 12.8. The lowest BCUT2D eigenvalue weighted by atomic mass is 9.78. The fourth-order valence-electron chi connectivity index (χ4n) is 3.59. The fraction of sp³-hybridized carbons (Fsp3) is 0.481. The molecule has 0 aliphatic carbocycles. The molecule has 5 nitrogen and oxygen atoms in total. The van der Waals surface area contributed by atoms with Crippen LogP contribution < -0.4 is 5.32 Å². The van der Waals surface area contributed by atoms with Gasteiger partial charge in [-0.25, -0.2) is 0 Å². The Labute approximate surface area is 202 Å². The fourth-order valence-corrected chi connectivity index (χ4v) is 3.79. The largest absolute Gasteiger partial charge is 0.507 e. The Morgan fingerprint density at radius 2 is 1.61 bits per heavy atom. The lowest BCUT2D eigenvalue weighted by molar-refractivity contribution is -0.148. The van der Waals surface area contributed by atoms with E-state index < -0.39 is 5.97 Å². The van der Waals surface area contributed by atoms with Gasteiger partial charge in [-0.05, 0) is 58.6 Å². The van der Waals surface area contributed by atoms with Gasteiger partial charge in [0.25, 0.3) is 5.91 Å². The Morgan fingerprint density at radius 1 is 1.03 bits per heavy atom. The Kier molecular flexibility index (Phi) is 8.58. The van der Waals surface area contributed by atoms with E-state index in [0.29, 0.717) is 17.2 Å². The minimum atomic E-state index is -0.441. The SMILES string of the molecule is C[C@@H](NC(=O)COC(=O)CCc1cc(C(C)(C)C)c(O)c(C(C)(C)C)c1)c1cccc(Cl)c1. The smallest absolute Gasteiger partial charge is 0.306 e. The van der Waals surface area contributed by atoms with Crippen molar-refractivity contribution in [1.29, 1.82) is 0 Å². The van der Waals surface area contributed by atoms with Crippen LogP contribution in [-0.4, -0.2) is 23.6 Å². The third-order valence-electron chi connectivity index (χ3n) is 5.49. The highest BCUT2D eigenvalue weighted by atomic mass is 35.5. The highest BCUT2D eigenvalue weighted by molar-refractivity contribution is 6.30. The van der Waals surface area contributed by atoms with Crippen molar-refractivity contribution in [2.75, 3.05) is 6.61 Å². The van der Waals surface area contributed by atoms with Crippen LogP contribution in [0.2, 0.25) is 5.02 Å². The van der Waals surface area contributed by atoms with E-state index in [0.717, 1.165) is 22.3 Å². The summed E-state index contributed by atoms with van der Waals surface area (Å²) >= 11 is 6.00. The maximum Gasteiger partial charge on any atom is 0.306 e. The number of hydrogen-bond acceptors (Lipinski definition) is 4. The van der Waals surface area contributed by atoms with Crippen molar-refractivity contribution in [1.82, 2.24) is 5.32 Å². The van der Waals surface area contributed by atoms with Gasteiger partial charge in [0.1, 0.15) is 5.75 Å². The zero-order valence-corrected chi connectivity index (χ0v) is 21.5. The predicted octanol–water partition coefficient (Wildman–Crippen LogP) is 5.99. The summed E-state index contributed by atoms with van der Waals surface area (Å²) in [6.45, 7) is 13.8. The molecule has 0 unspecified atom stereocenters. The number of rotatable bonds is 7. The highest BCUT2D eigenvalue weighted by Crippen LogP contribution is 2.40. The number of halogens is 1. The first-order valence-electron chi connectivity index (χ1n) is 11.3. The molecule has 0 aliphatic rings. The number of hydrogen-bond donors (Lipinski definition) is 2. The number of nitrogens with one attached hydrogen (secondary N) is 1. The van der Waals surface area contributed by atoms with Gasteiger partial charge in [0, 0.05) is 11.4 Å². The summed E-state index contributed by atoms with van der Waals surface area (Å²) in [5.41, 5.74) is 3.06. The zero-order valence-electron chi connectivity index (χ0n) is 20.7. The van der Waals surface area contributed by atoms with Crippen molar-refractivity contribution in [2.45, 2.75) is 78.2 Å². The van der Waals surface area contributed by atoms with Gasteiger partial charge in [-0.2, -0.15) is 0 Å². The topological polar surface area (TPSA) is 75.6 Å². The molecule has 0 bridgehead atoms. The lowest BCUT2D eigenvalue weighted by Gasteiger charge is -2.28. The van der Waals surface area contributed by atoms with E-state index >= 15 is 0 Å². The first kappa shape index (κ1) is 26.7. The molecule has 0 aromatic heterocycles. The molecule has 2 aromatic rings. The molecular weight excluding hydrogens is 438 g/mol. The molecule has 6 heteroatoms. The summed E-state index contributed by atoms with van der Waals surface area (Å²) < 4.78 is 5.18. The van der Waals surface area contributed by atoms with E-state index in [1.54, 1.807) is 12.1 Å². The molecular formula is C27H36ClNO4. The summed E-state index contributed by atoms with van der Waals surface area (Å²) in [6.07, 6.45) is 0.612. The van der Waals surface area contributed by atoms with Crippen molar-refractivity contribution >= 4 is 23.5 Å². The Hall–Kier alpha value is -2.53. The molecule has 0 fully saturated rings. The predicted molar refractivity (Wildman–Crippen MR) is 133 cm³/mol. The quantitative estimate of drug-likeness (QED) is 0.484. The van der Waals surface area contributed by atoms with Gasteiger partial charge >= 0.3 is 5.97 Å². The van der Waals surface area contributed by atoms with Gasteiger partial charge in [0.2, 0.25) is 0 Å². The van der Waals surface area contributed by atoms with Gasteiger partial charge in [-0.15, -0.1) is 0 Å². The van der Waals surface area contributed by atoms with Crippen LogP contribution in [0.5, 0.6) is 5.75 Å². The number of carbonyl (C=O) groups is 2. The van der Waals surface area contributed by atoms with Crippen molar-refractivity contribution in [2.24, 2.45) is 0 Å². The van der Waals surface area contributed by atoms with Gasteiger partial charge < -0.3 is 15.2 Å². The number of carbonyl (C=O) groups excluding carboxylic acids is 2. The van der Waals surface area contributed by atoms with E-state index in [-0.39, 0.29) is 35.8 Å². The van der Waals surface area contributed by atoms with Crippen LogP contribution in [0.4, 0.5) is 0 Å². The number of ether oxygens (including phenoxy) is 1. The Bertz CT molecular complexity index is 967. The molecule has 1 amide bonds. The molecule has 0 radical (unpaired) electrons. The van der Waals surface area contributed by atoms with Crippen LogP contribution in [0.25, 0.3) is 0 Å². The summed E-state index contributed by atoms with van der Waals surface area (Å²) in [7, 11) is 0. The molecule has 0 heterocycles. The minimum Gasteiger partial charge on any atom is -0.507 e. The molecule has 180 valence electrons. The molecule has 33 heavy (non-hydrogen) atoms. The number of aryl methyl sites for hydroxylation is 1. The van der Waals surface area contributed by atoms with E-state index in [2.05, 4.69) is 46.9 Å². The van der Waals surface area contributed by atoms with Crippen LogP contribution >= 0.6 is 11.6 Å². The summed E-state index contributed by atoms with van der Waals surface area (Å²) in [5.74, 6) is -0.499. The summed E-state index contributed by atoms with van der Waals surface area (Å²) in [6, 6.07) is 10.9. The molecule has 0 spiro atoms. The lowest BCUT2D eigenvalue weighted by Crippen LogP contribution is -2.31. The second-order valence-electron chi connectivity index (χ2n) is 10.5. The Balaban J connectivity index is 1.97. The molecule has 0 aliphatic heterocycles. The number of benzene rings is 2. The summed E-state index contributed by atoms with van der Waals surface area (Å²) in [5, 5.41) is 14.2. The van der Waals surface area contributed by atoms with E-state index in [4.69, 9.17) is 16.3 Å². The maximum atomic E-state index is 12.3. The Morgan fingerprint density at radius 3 is 2.12 bits per heavy atom. The molecule has 2 aromatic carbocycles. The third kappa shape index (κ3) is 7.78. The number of aromatic hydroxyl groups is 1. The van der Waals surface area contributed by atoms with E-state index in [1.807, 2.05) is 31.2 Å². The van der Waals surface area contributed by atoms with Gasteiger partial charge in [0.05, 0.1) is 6.04 Å². The second-order valence-corrected chi connectivity index (χ2v) is 11.0. The number of phenolic OH excluding ortho intramolecular Hbond substituents is 1. The average molecular weight is 474 g/mol. The molecule has 2 rings (SSSR count). The number of phenols is 1. The average Bonchev–Trinajstić information content (AvgIpc) is 2.69. The van der Waals surface area contributed by atoms with Gasteiger partial charge in [-0.1, -0.05) is 77.4 Å². The first-order valence-corrected chi connectivity index (χ1v) is 11.6. The molecule has 2 N–H and O–H groups in total. The van der Waals surface area contributed by atoms with E-state index in [1.165, 1.54) is 0 Å². The molecule has 0 saturated heterocycles. The van der Waals surface area contributed by atoms with Crippen LogP contribution in [0.1, 0.15) is 83.2 Å².